The molecule has 1 aromatic rings. The standard InChI is InChI=1S/C12H16N2O5S2/c1-7-2-3-8(11(13)15)5-14(7)21(18,19)9-4-10(12(16)17)20-6-9/h4,6-8H,2-3,5H2,1H3,(H2,13,15)(H,16,17). The van der Waals surface area contributed by atoms with E-state index in [0.717, 1.165) is 17.4 Å². The van der Waals surface area contributed by atoms with Crippen molar-refractivity contribution in [1.29, 1.82) is 0 Å². The third-order valence-electron chi connectivity index (χ3n) is 3.62. The number of nitrogens with zero attached hydrogens (tertiary/aromatic N) is 1. The van der Waals surface area contributed by atoms with Gasteiger partial charge in [0.15, 0.2) is 0 Å². The number of thiophene rings is 1. The smallest absolute Gasteiger partial charge is 0.345 e. The molecule has 0 saturated carbocycles. The first-order chi connectivity index (χ1) is 9.73. The molecule has 1 aliphatic rings. The van der Waals surface area contributed by atoms with Gasteiger partial charge in [0.1, 0.15) is 4.88 Å². The first-order valence-corrected chi connectivity index (χ1v) is 8.68. The first-order valence-electron chi connectivity index (χ1n) is 6.36. The van der Waals surface area contributed by atoms with Crippen LogP contribution in [0, 0.1) is 5.92 Å². The molecule has 2 rings (SSSR count). The molecule has 2 heterocycles. The Bertz CT molecular complexity index is 667. The number of primary amides is 1. The second kappa shape index (κ2) is 5.74. The highest BCUT2D eigenvalue weighted by atomic mass is 32.2. The Balaban J connectivity index is 2.32. The van der Waals surface area contributed by atoms with Crippen LogP contribution in [0.5, 0.6) is 0 Å². The number of piperidine rings is 1. The predicted octanol–water partition coefficient (Wildman–Crippen LogP) is 0.721. The Morgan fingerprint density at radius 1 is 1.43 bits per heavy atom. The van der Waals surface area contributed by atoms with Gasteiger partial charge in [0.25, 0.3) is 0 Å². The maximum atomic E-state index is 12.6. The zero-order valence-corrected chi connectivity index (χ0v) is 13.0. The zero-order chi connectivity index (χ0) is 15.8. The second-order valence-corrected chi connectivity index (χ2v) is 7.85. The maximum Gasteiger partial charge on any atom is 0.345 e. The summed E-state index contributed by atoms with van der Waals surface area (Å²) in [5.74, 6) is -2.18. The SMILES string of the molecule is CC1CCC(C(N)=O)CN1S(=O)(=O)c1csc(C(=O)O)c1. The molecule has 0 radical (unpaired) electrons. The molecule has 0 aliphatic carbocycles. The summed E-state index contributed by atoms with van der Waals surface area (Å²) in [4.78, 5) is 22.1. The molecule has 1 aromatic heterocycles. The lowest BCUT2D eigenvalue weighted by Gasteiger charge is -2.35. The summed E-state index contributed by atoms with van der Waals surface area (Å²) in [6.45, 7) is 1.80. The van der Waals surface area contributed by atoms with E-state index >= 15 is 0 Å². The van der Waals surface area contributed by atoms with Gasteiger partial charge in [0.05, 0.1) is 10.8 Å². The Hall–Kier alpha value is -1.45. The number of carboxylic acid groups (broad SMARTS) is 1. The van der Waals surface area contributed by atoms with Gasteiger partial charge in [0.2, 0.25) is 15.9 Å². The lowest BCUT2D eigenvalue weighted by atomic mass is 9.95. The minimum absolute atomic E-state index is 0.0373. The van der Waals surface area contributed by atoms with E-state index in [0.29, 0.717) is 12.8 Å². The van der Waals surface area contributed by atoms with Crippen LogP contribution in [0.15, 0.2) is 16.3 Å². The number of rotatable bonds is 4. The molecule has 1 fully saturated rings. The maximum absolute atomic E-state index is 12.6. The van der Waals surface area contributed by atoms with Crippen molar-refractivity contribution in [3.05, 3.63) is 16.3 Å². The van der Waals surface area contributed by atoms with Gasteiger partial charge < -0.3 is 10.8 Å². The summed E-state index contributed by atoms with van der Waals surface area (Å²) in [5.41, 5.74) is 5.26. The average molecular weight is 332 g/mol. The van der Waals surface area contributed by atoms with E-state index < -0.39 is 27.8 Å². The molecular formula is C12H16N2O5S2. The van der Waals surface area contributed by atoms with Gasteiger partial charge >= 0.3 is 5.97 Å². The Morgan fingerprint density at radius 2 is 2.10 bits per heavy atom. The van der Waals surface area contributed by atoms with Crippen molar-refractivity contribution in [2.24, 2.45) is 11.7 Å². The van der Waals surface area contributed by atoms with Crippen molar-refractivity contribution >= 4 is 33.2 Å². The topological polar surface area (TPSA) is 118 Å². The van der Waals surface area contributed by atoms with Gasteiger partial charge in [-0.3, -0.25) is 4.79 Å². The molecule has 3 N–H and O–H groups in total. The van der Waals surface area contributed by atoms with Crippen LogP contribution in [-0.2, 0) is 14.8 Å². The summed E-state index contributed by atoms with van der Waals surface area (Å²) < 4.78 is 26.4. The summed E-state index contributed by atoms with van der Waals surface area (Å²) in [5, 5.41) is 10.2. The van der Waals surface area contributed by atoms with Gasteiger partial charge in [-0.15, -0.1) is 11.3 Å². The summed E-state index contributed by atoms with van der Waals surface area (Å²) in [7, 11) is -3.82. The Kier molecular flexibility index (Phi) is 4.35. The zero-order valence-electron chi connectivity index (χ0n) is 11.4. The summed E-state index contributed by atoms with van der Waals surface area (Å²) in [6.07, 6.45) is 1.11. The number of nitrogens with two attached hydrogens (primary N) is 1. The fourth-order valence-electron chi connectivity index (χ4n) is 2.34. The van der Waals surface area contributed by atoms with Crippen LogP contribution in [0.4, 0.5) is 0 Å². The highest BCUT2D eigenvalue weighted by Gasteiger charge is 2.37. The number of carbonyl (C=O) groups excluding carboxylic acids is 1. The van der Waals surface area contributed by atoms with Crippen LogP contribution in [-0.4, -0.2) is 42.3 Å². The minimum atomic E-state index is -3.82. The van der Waals surface area contributed by atoms with E-state index in [4.69, 9.17) is 10.8 Å². The normalized spacial score (nSPS) is 23.9. The van der Waals surface area contributed by atoms with Gasteiger partial charge in [-0.2, -0.15) is 4.31 Å². The lowest BCUT2D eigenvalue weighted by molar-refractivity contribution is -0.123. The third kappa shape index (κ3) is 3.09. The van der Waals surface area contributed by atoms with Crippen LogP contribution >= 0.6 is 11.3 Å². The molecule has 7 nitrogen and oxygen atoms in total. The fraction of sp³-hybridized carbons (Fsp3) is 0.500. The van der Waals surface area contributed by atoms with Crippen molar-refractivity contribution in [1.82, 2.24) is 4.31 Å². The summed E-state index contributed by atoms with van der Waals surface area (Å²) in [6, 6.07) is 0.891. The van der Waals surface area contributed by atoms with Crippen molar-refractivity contribution in [2.45, 2.75) is 30.7 Å². The largest absolute Gasteiger partial charge is 0.477 e. The van der Waals surface area contributed by atoms with E-state index in [1.54, 1.807) is 6.92 Å². The van der Waals surface area contributed by atoms with Crippen LogP contribution in [0.2, 0.25) is 0 Å². The molecular weight excluding hydrogens is 316 g/mol. The predicted molar refractivity (Wildman–Crippen MR) is 76.6 cm³/mol. The van der Waals surface area contributed by atoms with Crippen molar-refractivity contribution in [3.63, 3.8) is 0 Å². The molecule has 0 bridgehead atoms. The quantitative estimate of drug-likeness (QED) is 0.842. The monoisotopic (exact) mass is 332 g/mol. The van der Waals surface area contributed by atoms with Crippen LogP contribution in [0.1, 0.15) is 29.4 Å². The molecule has 9 heteroatoms. The molecule has 1 aliphatic heterocycles. The number of aromatic carboxylic acids is 1. The van der Waals surface area contributed by atoms with Crippen molar-refractivity contribution in [3.8, 4) is 0 Å². The van der Waals surface area contributed by atoms with Crippen molar-refractivity contribution in [2.75, 3.05) is 6.54 Å². The molecule has 0 aromatic carbocycles. The molecule has 116 valence electrons. The van der Waals surface area contributed by atoms with E-state index in [1.165, 1.54) is 9.69 Å². The van der Waals surface area contributed by atoms with E-state index in [1.807, 2.05) is 0 Å². The number of sulfonamides is 1. The highest BCUT2D eigenvalue weighted by Crippen LogP contribution is 2.30. The molecule has 21 heavy (non-hydrogen) atoms. The number of hydrogen-bond acceptors (Lipinski definition) is 5. The Labute approximate surface area is 126 Å². The van der Waals surface area contributed by atoms with Crippen molar-refractivity contribution < 1.29 is 23.1 Å². The van der Waals surface area contributed by atoms with Gasteiger partial charge in [-0.05, 0) is 25.8 Å². The van der Waals surface area contributed by atoms with Crippen LogP contribution in [0.3, 0.4) is 0 Å². The first kappa shape index (κ1) is 15.9. The fourth-order valence-corrected chi connectivity index (χ4v) is 5.15. The van der Waals surface area contributed by atoms with Gasteiger partial charge in [-0.25, -0.2) is 13.2 Å². The third-order valence-corrected chi connectivity index (χ3v) is 6.65. The minimum Gasteiger partial charge on any atom is -0.477 e. The van der Waals surface area contributed by atoms with Crippen LogP contribution < -0.4 is 5.73 Å². The number of hydrogen-bond donors (Lipinski definition) is 2. The molecule has 1 saturated heterocycles. The lowest BCUT2D eigenvalue weighted by Crippen LogP contribution is -2.48. The highest BCUT2D eigenvalue weighted by molar-refractivity contribution is 7.89. The molecule has 1 amide bonds. The summed E-state index contributed by atoms with van der Waals surface area (Å²) >= 11 is 0.860. The number of carboxylic acids is 1. The molecule has 0 spiro atoms. The van der Waals surface area contributed by atoms with E-state index in [9.17, 15) is 18.0 Å². The van der Waals surface area contributed by atoms with E-state index in [-0.39, 0.29) is 22.4 Å². The van der Waals surface area contributed by atoms with Gasteiger partial charge in [0, 0.05) is 18.0 Å². The van der Waals surface area contributed by atoms with E-state index in [2.05, 4.69) is 0 Å². The van der Waals surface area contributed by atoms with Gasteiger partial charge in [-0.1, -0.05) is 0 Å². The Morgan fingerprint density at radius 3 is 2.62 bits per heavy atom. The second-order valence-electron chi connectivity index (χ2n) is 5.05. The molecule has 2 atom stereocenters. The number of carbonyl (C=O) groups is 2. The number of amides is 1. The van der Waals surface area contributed by atoms with Crippen LogP contribution in [0.25, 0.3) is 0 Å². The molecule has 2 unspecified atom stereocenters. The average Bonchev–Trinajstić information content (AvgIpc) is 2.89.